The van der Waals surface area contributed by atoms with Gasteiger partial charge in [-0.15, -0.1) is 11.8 Å². The van der Waals surface area contributed by atoms with Crippen molar-refractivity contribution in [3.63, 3.8) is 0 Å². The van der Waals surface area contributed by atoms with E-state index in [1.165, 1.54) is 10.5 Å². The number of ether oxygens (including phenoxy) is 1. The minimum absolute atomic E-state index is 0.0744. The van der Waals surface area contributed by atoms with Crippen LogP contribution < -0.4 is 10.1 Å². The molecular weight excluding hydrogens is 318 g/mol. The molecule has 1 atom stereocenters. The summed E-state index contributed by atoms with van der Waals surface area (Å²) in [4.78, 5) is 13.3. The molecule has 1 N–H and O–H groups in total. The quantitative estimate of drug-likeness (QED) is 0.576. The standard InChI is InChI=1S/C20H25NO2S/c1-15-14-18(11-12-19(15)24-3)23-16(2)20(22)21-13-7-10-17-8-5-4-6-9-17/h4-6,8-9,11-12,14,16H,7,10,13H2,1-3H3,(H,21,22). The predicted molar refractivity (Wildman–Crippen MR) is 101 cm³/mol. The number of amides is 1. The monoisotopic (exact) mass is 343 g/mol. The molecule has 0 aliphatic carbocycles. The number of rotatable bonds is 8. The van der Waals surface area contributed by atoms with Gasteiger partial charge in [0, 0.05) is 11.4 Å². The second kappa shape index (κ2) is 9.38. The third-order valence-corrected chi connectivity index (χ3v) is 4.73. The van der Waals surface area contributed by atoms with Crippen molar-refractivity contribution >= 4 is 17.7 Å². The number of hydrogen-bond donors (Lipinski definition) is 1. The van der Waals surface area contributed by atoms with E-state index in [1.54, 1.807) is 18.7 Å². The first-order valence-electron chi connectivity index (χ1n) is 8.23. The third kappa shape index (κ3) is 5.60. The van der Waals surface area contributed by atoms with Crippen LogP contribution in [0.15, 0.2) is 53.4 Å². The Bertz CT molecular complexity index is 658. The Morgan fingerprint density at radius 3 is 2.62 bits per heavy atom. The summed E-state index contributed by atoms with van der Waals surface area (Å²) in [5.74, 6) is 0.659. The first-order valence-corrected chi connectivity index (χ1v) is 9.45. The molecule has 0 saturated heterocycles. The molecule has 1 unspecified atom stereocenters. The maximum absolute atomic E-state index is 12.1. The molecule has 0 aliphatic rings. The number of benzene rings is 2. The zero-order valence-corrected chi connectivity index (χ0v) is 15.4. The summed E-state index contributed by atoms with van der Waals surface area (Å²) < 4.78 is 5.75. The van der Waals surface area contributed by atoms with Crippen molar-refractivity contribution in [2.75, 3.05) is 12.8 Å². The van der Waals surface area contributed by atoms with Gasteiger partial charge < -0.3 is 10.1 Å². The number of thioether (sulfide) groups is 1. The molecule has 2 aromatic rings. The van der Waals surface area contributed by atoms with Gasteiger partial charge in [0.05, 0.1) is 0 Å². The van der Waals surface area contributed by atoms with E-state index in [-0.39, 0.29) is 5.91 Å². The molecular formula is C20H25NO2S. The highest BCUT2D eigenvalue weighted by Crippen LogP contribution is 2.24. The SMILES string of the molecule is CSc1ccc(OC(C)C(=O)NCCCc2ccccc2)cc1C. The summed E-state index contributed by atoms with van der Waals surface area (Å²) in [5, 5.41) is 2.94. The van der Waals surface area contributed by atoms with E-state index in [1.807, 2.05) is 49.6 Å². The van der Waals surface area contributed by atoms with Crippen molar-refractivity contribution in [3.8, 4) is 5.75 Å². The molecule has 4 heteroatoms. The lowest BCUT2D eigenvalue weighted by Crippen LogP contribution is -2.36. The van der Waals surface area contributed by atoms with Crippen LogP contribution in [0, 0.1) is 6.92 Å². The maximum Gasteiger partial charge on any atom is 0.260 e. The molecule has 128 valence electrons. The Labute approximate surface area is 148 Å². The van der Waals surface area contributed by atoms with Gasteiger partial charge in [0.15, 0.2) is 6.10 Å². The summed E-state index contributed by atoms with van der Waals surface area (Å²) in [5.41, 5.74) is 2.45. The van der Waals surface area contributed by atoms with Crippen LogP contribution in [0.25, 0.3) is 0 Å². The molecule has 1 amide bonds. The topological polar surface area (TPSA) is 38.3 Å². The van der Waals surface area contributed by atoms with Gasteiger partial charge in [-0.25, -0.2) is 0 Å². The van der Waals surface area contributed by atoms with Crippen LogP contribution in [0.1, 0.15) is 24.5 Å². The van der Waals surface area contributed by atoms with Gasteiger partial charge in [0.2, 0.25) is 0 Å². The lowest BCUT2D eigenvalue weighted by atomic mass is 10.1. The Morgan fingerprint density at radius 1 is 1.21 bits per heavy atom. The van der Waals surface area contributed by atoms with Crippen LogP contribution in [0.2, 0.25) is 0 Å². The largest absolute Gasteiger partial charge is 0.481 e. The van der Waals surface area contributed by atoms with Crippen LogP contribution in [0.4, 0.5) is 0 Å². The van der Waals surface area contributed by atoms with Crippen LogP contribution in [0.3, 0.4) is 0 Å². The molecule has 0 aliphatic heterocycles. The van der Waals surface area contributed by atoms with Gasteiger partial charge in [-0.1, -0.05) is 30.3 Å². The second-order valence-electron chi connectivity index (χ2n) is 5.77. The smallest absolute Gasteiger partial charge is 0.260 e. The van der Waals surface area contributed by atoms with E-state index >= 15 is 0 Å². The molecule has 24 heavy (non-hydrogen) atoms. The fraction of sp³-hybridized carbons (Fsp3) is 0.350. The van der Waals surface area contributed by atoms with Gasteiger partial charge in [-0.3, -0.25) is 4.79 Å². The first-order chi connectivity index (χ1) is 11.6. The van der Waals surface area contributed by atoms with Crippen molar-refractivity contribution in [1.29, 1.82) is 0 Å². The Kier molecular flexibility index (Phi) is 7.19. The van der Waals surface area contributed by atoms with E-state index in [0.29, 0.717) is 6.54 Å². The highest BCUT2D eigenvalue weighted by molar-refractivity contribution is 7.98. The highest BCUT2D eigenvalue weighted by Gasteiger charge is 2.14. The van der Waals surface area contributed by atoms with Gasteiger partial charge in [-0.2, -0.15) is 0 Å². The average Bonchev–Trinajstić information content (AvgIpc) is 2.59. The van der Waals surface area contributed by atoms with E-state index in [0.717, 1.165) is 24.2 Å². The minimum Gasteiger partial charge on any atom is -0.481 e. The number of aryl methyl sites for hydroxylation is 2. The summed E-state index contributed by atoms with van der Waals surface area (Å²) >= 11 is 1.71. The van der Waals surface area contributed by atoms with E-state index in [9.17, 15) is 4.79 Å². The van der Waals surface area contributed by atoms with E-state index in [2.05, 4.69) is 17.4 Å². The van der Waals surface area contributed by atoms with Gasteiger partial charge >= 0.3 is 0 Å². The van der Waals surface area contributed by atoms with Crippen LogP contribution >= 0.6 is 11.8 Å². The van der Waals surface area contributed by atoms with Crippen LogP contribution in [-0.2, 0) is 11.2 Å². The molecule has 0 saturated carbocycles. The lowest BCUT2D eigenvalue weighted by Gasteiger charge is -2.15. The summed E-state index contributed by atoms with van der Waals surface area (Å²) in [6.07, 6.45) is 3.44. The van der Waals surface area contributed by atoms with E-state index < -0.39 is 6.10 Å². The summed E-state index contributed by atoms with van der Waals surface area (Å²) in [6, 6.07) is 16.2. The number of carbonyl (C=O) groups is 1. The number of hydrogen-bond acceptors (Lipinski definition) is 3. The lowest BCUT2D eigenvalue weighted by molar-refractivity contribution is -0.127. The van der Waals surface area contributed by atoms with Crippen molar-refractivity contribution in [2.24, 2.45) is 0 Å². The molecule has 0 radical (unpaired) electrons. The van der Waals surface area contributed by atoms with Crippen LogP contribution in [-0.4, -0.2) is 24.8 Å². The van der Waals surface area contributed by atoms with E-state index in [4.69, 9.17) is 4.74 Å². The molecule has 0 aromatic heterocycles. The summed E-state index contributed by atoms with van der Waals surface area (Å²) in [6.45, 7) is 4.49. The van der Waals surface area contributed by atoms with Gasteiger partial charge in [0.25, 0.3) is 5.91 Å². The molecule has 2 aromatic carbocycles. The van der Waals surface area contributed by atoms with Crippen molar-refractivity contribution in [2.45, 2.75) is 37.7 Å². The van der Waals surface area contributed by atoms with Gasteiger partial charge in [0.1, 0.15) is 5.75 Å². The number of carbonyl (C=O) groups excluding carboxylic acids is 1. The number of nitrogens with one attached hydrogen (secondary N) is 1. The molecule has 2 rings (SSSR count). The first kappa shape index (κ1) is 18.4. The third-order valence-electron chi connectivity index (χ3n) is 3.83. The maximum atomic E-state index is 12.1. The van der Waals surface area contributed by atoms with Crippen molar-refractivity contribution in [3.05, 3.63) is 59.7 Å². The zero-order chi connectivity index (χ0) is 17.4. The minimum atomic E-state index is -0.499. The van der Waals surface area contributed by atoms with Crippen LogP contribution in [0.5, 0.6) is 5.75 Å². The zero-order valence-electron chi connectivity index (χ0n) is 14.5. The van der Waals surface area contributed by atoms with Crippen molar-refractivity contribution in [1.82, 2.24) is 5.32 Å². The molecule has 3 nitrogen and oxygen atoms in total. The Morgan fingerprint density at radius 2 is 1.96 bits per heavy atom. The fourth-order valence-electron chi connectivity index (χ4n) is 2.47. The van der Waals surface area contributed by atoms with Gasteiger partial charge in [-0.05, 0) is 62.3 Å². The molecule has 0 spiro atoms. The predicted octanol–water partition coefficient (Wildman–Crippen LogP) is 4.23. The summed E-state index contributed by atoms with van der Waals surface area (Å²) in [7, 11) is 0. The molecule has 0 bridgehead atoms. The fourth-order valence-corrected chi connectivity index (χ4v) is 3.06. The average molecular weight is 343 g/mol. The molecule has 0 heterocycles. The normalized spacial score (nSPS) is 11.8. The van der Waals surface area contributed by atoms with Crippen molar-refractivity contribution < 1.29 is 9.53 Å². The second-order valence-corrected chi connectivity index (χ2v) is 6.62. The Balaban J connectivity index is 1.74. The highest BCUT2D eigenvalue weighted by atomic mass is 32.2. The molecule has 0 fully saturated rings. The Hall–Kier alpha value is -1.94.